The van der Waals surface area contributed by atoms with Gasteiger partial charge in [0.05, 0.1) is 5.92 Å². The molecule has 1 atom stereocenters. The minimum absolute atomic E-state index is 0.437. The number of carboxylic acid groups (broad SMARTS) is 1. The van der Waals surface area contributed by atoms with E-state index in [9.17, 15) is 9.90 Å². The van der Waals surface area contributed by atoms with Gasteiger partial charge in [-0.3, -0.25) is 4.79 Å². The lowest BCUT2D eigenvalue weighted by molar-refractivity contribution is -0.138. The van der Waals surface area contributed by atoms with Crippen molar-refractivity contribution in [2.45, 2.75) is 25.8 Å². The highest BCUT2D eigenvalue weighted by Crippen LogP contribution is 2.30. The Labute approximate surface area is 123 Å². The van der Waals surface area contributed by atoms with E-state index in [1.165, 1.54) is 0 Å². The average molecular weight is 283 g/mol. The summed E-state index contributed by atoms with van der Waals surface area (Å²) in [4.78, 5) is 22.1. The average Bonchev–Trinajstić information content (AvgIpc) is 2.53. The lowest BCUT2D eigenvalue weighted by atomic mass is 9.90. The molecule has 0 fully saturated rings. The van der Waals surface area contributed by atoms with Gasteiger partial charge in [-0.2, -0.15) is 0 Å². The van der Waals surface area contributed by atoms with Gasteiger partial charge in [-0.05, 0) is 17.5 Å². The number of benzene rings is 1. The Kier molecular flexibility index (Phi) is 3.56. The molecule has 1 aliphatic heterocycles. The number of hydrogen-bond acceptors (Lipinski definition) is 4. The Morgan fingerprint density at radius 1 is 1.38 bits per heavy atom. The van der Waals surface area contributed by atoms with E-state index in [-0.39, 0.29) is 0 Å². The molecule has 5 nitrogen and oxygen atoms in total. The van der Waals surface area contributed by atoms with Crippen molar-refractivity contribution in [2.24, 2.45) is 0 Å². The van der Waals surface area contributed by atoms with Gasteiger partial charge >= 0.3 is 5.97 Å². The number of aromatic nitrogens is 2. The van der Waals surface area contributed by atoms with Gasteiger partial charge in [-0.25, -0.2) is 9.97 Å². The Bertz CT molecular complexity index is 672. The quantitative estimate of drug-likeness (QED) is 0.935. The summed E-state index contributed by atoms with van der Waals surface area (Å²) >= 11 is 0. The summed E-state index contributed by atoms with van der Waals surface area (Å²) in [6.07, 6.45) is 2.38. The van der Waals surface area contributed by atoms with Crippen LogP contribution >= 0.6 is 0 Å². The van der Waals surface area contributed by atoms with Crippen molar-refractivity contribution in [1.82, 2.24) is 9.97 Å². The molecular formula is C16H17N3O2. The van der Waals surface area contributed by atoms with Crippen LogP contribution in [-0.4, -0.2) is 27.6 Å². The molecule has 0 aliphatic carbocycles. The Morgan fingerprint density at radius 2 is 2.19 bits per heavy atom. The van der Waals surface area contributed by atoms with Crippen LogP contribution in [0.4, 0.5) is 5.82 Å². The summed E-state index contributed by atoms with van der Waals surface area (Å²) in [6.45, 7) is 3.16. The standard InChI is InChI=1S/C16H17N3O2/c1-2-12-7-15(18-10-17-12)19-8-11-5-3-4-6-13(11)14(9-19)16(20)21/h3-7,10,14H,2,8-9H2,1H3,(H,20,21). The van der Waals surface area contributed by atoms with Gasteiger partial charge in [0.25, 0.3) is 0 Å². The molecule has 0 amide bonds. The second-order valence-corrected chi connectivity index (χ2v) is 5.19. The number of rotatable bonds is 3. The zero-order valence-electron chi connectivity index (χ0n) is 11.9. The first-order valence-corrected chi connectivity index (χ1v) is 7.05. The third-order valence-electron chi connectivity index (χ3n) is 3.89. The normalized spacial score (nSPS) is 17.4. The van der Waals surface area contributed by atoms with Gasteiger partial charge in [-0.1, -0.05) is 31.2 Å². The fourth-order valence-electron chi connectivity index (χ4n) is 2.74. The fourth-order valence-corrected chi connectivity index (χ4v) is 2.74. The molecule has 0 saturated carbocycles. The summed E-state index contributed by atoms with van der Waals surface area (Å²) in [7, 11) is 0. The molecular weight excluding hydrogens is 266 g/mol. The number of carbonyl (C=O) groups is 1. The molecule has 0 saturated heterocycles. The van der Waals surface area contributed by atoms with Crippen LogP contribution in [0.3, 0.4) is 0 Å². The van der Waals surface area contributed by atoms with E-state index in [4.69, 9.17) is 0 Å². The molecule has 2 heterocycles. The van der Waals surface area contributed by atoms with Crippen LogP contribution in [-0.2, 0) is 17.8 Å². The molecule has 3 rings (SSSR count). The van der Waals surface area contributed by atoms with E-state index in [0.29, 0.717) is 13.1 Å². The molecule has 1 aromatic carbocycles. The SMILES string of the molecule is CCc1cc(N2Cc3ccccc3C(C(=O)O)C2)ncn1. The van der Waals surface area contributed by atoms with Gasteiger partial charge in [0.2, 0.25) is 0 Å². The minimum atomic E-state index is -0.795. The third-order valence-corrected chi connectivity index (χ3v) is 3.89. The number of nitrogens with zero attached hydrogens (tertiary/aromatic N) is 3. The second-order valence-electron chi connectivity index (χ2n) is 5.19. The number of aryl methyl sites for hydroxylation is 1. The molecule has 108 valence electrons. The van der Waals surface area contributed by atoms with Crippen molar-refractivity contribution in [3.63, 3.8) is 0 Å². The largest absolute Gasteiger partial charge is 0.481 e. The predicted octanol–water partition coefficient (Wildman–Crippen LogP) is 2.23. The maximum atomic E-state index is 11.6. The Morgan fingerprint density at radius 3 is 2.95 bits per heavy atom. The van der Waals surface area contributed by atoms with Gasteiger partial charge in [0.1, 0.15) is 12.1 Å². The zero-order chi connectivity index (χ0) is 14.8. The van der Waals surface area contributed by atoms with E-state index in [0.717, 1.165) is 29.1 Å². The van der Waals surface area contributed by atoms with Gasteiger partial charge < -0.3 is 10.0 Å². The molecule has 1 unspecified atom stereocenters. The fraction of sp³-hybridized carbons (Fsp3) is 0.312. The molecule has 0 spiro atoms. The van der Waals surface area contributed by atoms with Gasteiger partial charge in [0.15, 0.2) is 0 Å². The number of anilines is 1. The van der Waals surface area contributed by atoms with Gasteiger partial charge in [0, 0.05) is 24.8 Å². The zero-order valence-corrected chi connectivity index (χ0v) is 11.9. The molecule has 1 aromatic heterocycles. The molecule has 5 heteroatoms. The Hall–Kier alpha value is -2.43. The van der Waals surface area contributed by atoms with E-state index in [1.54, 1.807) is 6.33 Å². The smallest absolute Gasteiger partial charge is 0.312 e. The first kappa shape index (κ1) is 13.5. The van der Waals surface area contributed by atoms with E-state index < -0.39 is 11.9 Å². The van der Waals surface area contributed by atoms with Crippen molar-refractivity contribution < 1.29 is 9.90 Å². The van der Waals surface area contributed by atoms with Crippen LogP contribution in [0.2, 0.25) is 0 Å². The molecule has 0 bridgehead atoms. The lowest BCUT2D eigenvalue weighted by Crippen LogP contribution is -2.37. The topological polar surface area (TPSA) is 66.3 Å². The predicted molar refractivity (Wildman–Crippen MR) is 79.3 cm³/mol. The van der Waals surface area contributed by atoms with Crippen molar-refractivity contribution in [1.29, 1.82) is 0 Å². The Balaban J connectivity index is 1.97. The molecule has 21 heavy (non-hydrogen) atoms. The lowest BCUT2D eigenvalue weighted by Gasteiger charge is -2.33. The summed E-state index contributed by atoms with van der Waals surface area (Å²) < 4.78 is 0. The maximum Gasteiger partial charge on any atom is 0.312 e. The maximum absolute atomic E-state index is 11.6. The highest BCUT2D eigenvalue weighted by Gasteiger charge is 2.30. The van der Waals surface area contributed by atoms with Crippen LogP contribution in [0.15, 0.2) is 36.7 Å². The number of fused-ring (bicyclic) bond motifs is 1. The number of aliphatic carboxylic acids is 1. The van der Waals surface area contributed by atoms with Crippen molar-refractivity contribution in [2.75, 3.05) is 11.4 Å². The highest BCUT2D eigenvalue weighted by molar-refractivity contribution is 5.78. The first-order valence-electron chi connectivity index (χ1n) is 7.05. The first-order chi connectivity index (χ1) is 10.2. The summed E-state index contributed by atoms with van der Waals surface area (Å²) in [6, 6.07) is 9.66. The summed E-state index contributed by atoms with van der Waals surface area (Å²) in [5, 5.41) is 9.49. The second kappa shape index (κ2) is 5.52. The molecule has 1 aliphatic rings. The minimum Gasteiger partial charge on any atom is -0.481 e. The van der Waals surface area contributed by atoms with Crippen LogP contribution in [0, 0.1) is 0 Å². The van der Waals surface area contributed by atoms with E-state index in [1.807, 2.05) is 42.2 Å². The number of carboxylic acids is 1. The number of hydrogen-bond donors (Lipinski definition) is 1. The third kappa shape index (κ3) is 2.59. The van der Waals surface area contributed by atoms with Crippen LogP contribution in [0.1, 0.15) is 29.7 Å². The van der Waals surface area contributed by atoms with E-state index in [2.05, 4.69) is 9.97 Å². The monoisotopic (exact) mass is 283 g/mol. The summed E-state index contributed by atoms with van der Waals surface area (Å²) in [5.74, 6) is -0.519. The summed E-state index contributed by atoms with van der Waals surface area (Å²) in [5.41, 5.74) is 2.92. The molecule has 0 radical (unpaired) electrons. The highest BCUT2D eigenvalue weighted by atomic mass is 16.4. The van der Waals surface area contributed by atoms with Crippen molar-refractivity contribution in [3.8, 4) is 0 Å². The van der Waals surface area contributed by atoms with Crippen molar-refractivity contribution >= 4 is 11.8 Å². The molecule has 2 aromatic rings. The van der Waals surface area contributed by atoms with Crippen molar-refractivity contribution in [3.05, 3.63) is 53.5 Å². The van der Waals surface area contributed by atoms with Crippen LogP contribution in [0.25, 0.3) is 0 Å². The van der Waals surface area contributed by atoms with Gasteiger partial charge in [-0.15, -0.1) is 0 Å². The molecule has 1 N–H and O–H groups in total. The van der Waals surface area contributed by atoms with Crippen LogP contribution in [0.5, 0.6) is 0 Å². The van der Waals surface area contributed by atoms with Crippen LogP contribution < -0.4 is 4.90 Å². The van der Waals surface area contributed by atoms with E-state index >= 15 is 0 Å².